The Balaban J connectivity index is 1.29. The van der Waals surface area contributed by atoms with Crippen molar-refractivity contribution < 1.29 is 9.59 Å². The number of hydrogen-bond acceptors (Lipinski definition) is 4. The lowest BCUT2D eigenvalue weighted by Gasteiger charge is -2.22. The van der Waals surface area contributed by atoms with Crippen LogP contribution in [0.3, 0.4) is 0 Å². The van der Waals surface area contributed by atoms with Crippen molar-refractivity contribution in [2.75, 3.05) is 12.3 Å². The molecule has 0 spiro atoms. The molecule has 1 aliphatic heterocycles. The zero-order valence-electron chi connectivity index (χ0n) is 18.5. The van der Waals surface area contributed by atoms with Crippen LogP contribution in [0, 0.1) is 6.92 Å². The van der Waals surface area contributed by atoms with Gasteiger partial charge in [-0.2, -0.15) is 11.8 Å². The summed E-state index contributed by atoms with van der Waals surface area (Å²) in [5.41, 5.74) is 3.40. The van der Waals surface area contributed by atoms with E-state index in [1.54, 1.807) is 6.08 Å². The normalized spacial score (nSPS) is 22.3. The van der Waals surface area contributed by atoms with Crippen molar-refractivity contribution in [3.05, 3.63) is 64.1 Å². The first-order valence-electron chi connectivity index (χ1n) is 11.5. The Morgan fingerprint density at radius 3 is 2.78 bits per heavy atom. The average Bonchev–Trinajstić information content (AvgIpc) is 2.81. The van der Waals surface area contributed by atoms with E-state index in [0.717, 1.165) is 23.0 Å². The number of benzene rings is 1. The van der Waals surface area contributed by atoms with Crippen LogP contribution in [-0.4, -0.2) is 40.3 Å². The largest absolute Gasteiger partial charge is 0.352 e. The minimum atomic E-state index is -0.243. The van der Waals surface area contributed by atoms with Gasteiger partial charge in [-0.3, -0.25) is 9.59 Å². The molecular weight excluding hydrogens is 436 g/mol. The average molecular weight is 467 g/mol. The van der Waals surface area contributed by atoms with E-state index < -0.39 is 0 Å². The van der Waals surface area contributed by atoms with Crippen molar-refractivity contribution in [3.63, 3.8) is 0 Å². The summed E-state index contributed by atoms with van der Waals surface area (Å²) in [6, 6.07) is 8.06. The van der Waals surface area contributed by atoms with Gasteiger partial charge < -0.3 is 5.32 Å². The number of aryl methyl sites for hydroxylation is 1. The zero-order valence-corrected chi connectivity index (χ0v) is 20.1. The summed E-state index contributed by atoms with van der Waals surface area (Å²) in [5, 5.41) is 3.79. The molecular formula is C26H30N2O2S2. The monoisotopic (exact) mass is 466 g/mol. The lowest BCUT2D eigenvalue weighted by molar-refractivity contribution is -0.117. The summed E-state index contributed by atoms with van der Waals surface area (Å²) >= 11 is 3.55. The summed E-state index contributed by atoms with van der Waals surface area (Å²) in [7, 11) is 0. The van der Waals surface area contributed by atoms with E-state index in [0.29, 0.717) is 22.7 Å². The third-order valence-electron chi connectivity index (χ3n) is 5.89. The minimum Gasteiger partial charge on any atom is -0.352 e. The number of rotatable bonds is 7. The van der Waals surface area contributed by atoms with Gasteiger partial charge in [-0.1, -0.05) is 61.2 Å². The summed E-state index contributed by atoms with van der Waals surface area (Å²) in [6.07, 6.45) is 15.2. The molecule has 1 saturated carbocycles. The second kappa shape index (κ2) is 11.2. The summed E-state index contributed by atoms with van der Waals surface area (Å²) in [4.78, 5) is 30.0. The number of allylic oxidation sites excluding steroid dienone is 1. The number of hydrogen-bond donors (Lipinski definition) is 1. The van der Waals surface area contributed by atoms with E-state index in [-0.39, 0.29) is 17.1 Å². The topological polar surface area (TPSA) is 58.5 Å². The van der Waals surface area contributed by atoms with Crippen LogP contribution in [0.25, 0.3) is 6.08 Å². The number of fused-ring (bicyclic) bond motifs is 1. The molecule has 1 unspecified atom stereocenters. The lowest BCUT2D eigenvalue weighted by Crippen LogP contribution is -2.30. The van der Waals surface area contributed by atoms with Crippen molar-refractivity contribution in [2.24, 2.45) is 4.99 Å². The number of thioether (sulfide) groups is 2. The first-order valence-corrected chi connectivity index (χ1v) is 13.4. The van der Waals surface area contributed by atoms with Crippen molar-refractivity contribution >= 4 is 47.1 Å². The van der Waals surface area contributed by atoms with E-state index in [2.05, 4.69) is 22.1 Å². The van der Waals surface area contributed by atoms with Gasteiger partial charge in [0.15, 0.2) is 0 Å². The van der Waals surface area contributed by atoms with E-state index in [1.165, 1.54) is 49.4 Å². The van der Waals surface area contributed by atoms with E-state index in [9.17, 15) is 9.59 Å². The number of carbonyl (C=O) groups is 2. The molecule has 32 heavy (non-hydrogen) atoms. The fourth-order valence-corrected chi connectivity index (χ4v) is 6.38. The number of nitrogens with zero attached hydrogens (tertiary/aromatic N) is 1. The highest BCUT2D eigenvalue weighted by Gasteiger charge is 2.28. The maximum atomic E-state index is 12.6. The molecule has 4 nitrogen and oxygen atoms in total. The lowest BCUT2D eigenvalue weighted by atomic mass is 10.0. The molecule has 1 aromatic rings. The summed E-state index contributed by atoms with van der Waals surface area (Å²) < 4.78 is 0. The maximum Gasteiger partial charge on any atom is 0.283 e. The fraction of sp³-hybridized carbons (Fsp3) is 0.423. The highest BCUT2D eigenvalue weighted by Crippen LogP contribution is 2.34. The molecule has 168 valence electrons. The SMILES string of the molecule is Cc1ccc(/C=C2/SC3C=CC(C(=O)NCCCSC4CCCCC4)=CC3=NC2=O)cc1. The van der Waals surface area contributed by atoms with E-state index in [4.69, 9.17) is 0 Å². The van der Waals surface area contributed by atoms with Crippen LogP contribution in [-0.2, 0) is 9.59 Å². The van der Waals surface area contributed by atoms with Crippen molar-refractivity contribution in [1.82, 2.24) is 5.32 Å². The van der Waals surface area contributed by atoms with Crippen molar-refractivity contribution in [1.29, 1.82) is 0 Å². The van der Waals surface area contributed by atoms with E-state index in [1.807, 2.05) is 49.4 Å². The van der Waals surface area contributed by atoms with Gasteiger partial charge in [-0.25, -0.2) is 4.99 Å². The molecule has 1 aromatic carbocycles. The second-order valence-electron chi connectivity index (χ2n) is 8.50. The molecule has 2 aliphatic carbocycles. The first-order chi connectivity index (χ1) is 15.6. The quantitative estimate of drug-likeness (QED) is 0.427. The first kappa shape index (κ1) is 23.1. The van der Waals surface area contributed by atoms with Gasteiger partial charge in [0.2, 0.25) is 0 Å². The Bertz CT molecular complexity index is 970. The predicted octanol–water partition coefficient (Wildman–Crippen LogP) is 5.49. The van der Waals surface area contributed by atoms with Gasteiger partial charge in [-0.05, 0) is 49.7 Å². The molecule has 2 amide bonds. The maximum absolute atomic E-state index is 12.6. The standard InChI is InChI=1S/C26H30N2O2S2/c1-18-8-10-19(11-9-18)16-24-26(30)28-22-17-20(12-13-23(22)32-24)25(29)27-14-5-15-31-21-6-3-2-4-7-21/h8-13,16-17,21,23H,2-7,14-15H2,1H3,(H,27,29)/b24-16+. The van der Waals surface area contributed by atoms with Gasteiger partial charge in [0, 0.05) is 17.4 Å². The number of nitrogens with one attached hydrogen (secondary N) is 1. The molecule has 3 aliphatic rings. The fourth-order valence-electron chi connectivity index (χ4n) is 4.04. The molecule has 1 N–H and O–H groups in total. The van der Waals surface area contributed by atoms with Gasteiger partial charge in [0.25, 0.3) is 11.8 Å². The number of amides is 2. The van der Waals surface area contributed by atoms with Crippen LogP contribution in [0.5, 0.6) is 0 Å². The molecule has 0 aromatic heterocycles. The van der Waals surface area contributed by atoms with Crippen LogP contribution in [0.2, 0.25) is 0 Å². The third kappa shape index (κ3) is 6.26. The van der Waals surface area contributed by atoms with Gasteiger partial charge in [0.1, 0.15) is 0 Å². The van der Waals surface area contributed by atoms with Crippen LogP contribution < -0.4 is 5.32 Å². The van der Waals surface area contributed by atoms with Crippen LogP contribution in [0.4, 0.5) is 0 Å². The highest BCUT2D eigenvalue weighted by molar-refractivity contribution is 8.05. The Morgan fingerprint density at radius 1 is 1.22 bits per heavy atom. The van der Waals surface area contributed by atoms with Crippen molar-refractivity contribution in [3.8, 4) is 0 Å². The molecule has 4 rings (SSSR count). The predicted molar refractivity (Wildman–Crippen MR) is 137 cm³/mol. The summed E-state index contributed by atoms with van der Waals surface area (Å²) in [6.45, 7) is 2.72. The van der Waals surface area contributed by atoms with Crippen LogP contribution >= 0.6 is 23.5 Å². The molecule has 0 saturated heterocycles. The van der Waals surface area contributed by atoms with Crippen LogP contribution in [0.1, 0.15) is 49.7 Å². The van der Waals surface area contributed by atoms with Gasteiger partial charge in [0.05, 0.1) is 15.9 Å². The Kier molecular flexibility index (Phi) is 8.09. The third-order valence-corrected chi connectivity index (χ3v) is 8.56. The molecule has 6 heteroatoms. The minimum absolute atomic E-state index is 0.0344. The number of aliphatic imine (C=N–C) groups is 1. The zero-order chi connectivity index (χ0) is 22.3. The Morgan fingerprint density at radius 2 is 2.00 bits per heavy atom. The molecule has 0 radical (unpaired) electrons. The summed E-state index contributed by atoms with van der Waals surface area (Å²) in [5.74, 6) is 0.756. The Hall–Kier alpha value is -2.05. The van der Waals surface area contributed by atoms with E-state index >= 15 is 0 Å². The number of carbonyl (C=O) groups excluding carboxylic acids is 2. The van der Waals surface area contributed by atoms with Crippen LogP contribution in [0.15, 0.2) is 58.0 Å². The van der Waals surface area contributed by atoms with Gasteiger partial charge >= 0.3 is 0 Å². The van der Waals surface area contributed by atoms with Crippen molar-refractivity contribution in [2.45, 2.75) is 55.9 Å². The molecule has 0 bridgehead atoms. The van der Waals surface area contributed by atoms with Gasteiger partial charge in [-0.15, -0.1) is 11.8 Å². The molecule has 1 heterocycles. The smallest absolute Gasteiger partial charge is 0.283 e. The molecule has 1 fully saturated rings. The second-order valence-corrected chi connectivity index (χ2v) is 11.1. The molecule has 1 atom stereocenters. The highest BCUT2D eigenvalue weighted by atomic mass is 32.2. The Labute approximate surface area is 199 Å².